The number of nitrogens with zero attached hydrogens (tertiary/aromatic N) is 4. The first-order valence-electron chi connectivity index (χ1n) is 10.1. The molecular weight excluding hydrogens is 374 g/mol. The van der Waals surface area contributed by atoms with Crippen molar-refractivity contribution in [3.05, 3.63) is 71.9 Å². The standard InChI is InChI=1S/C24H23N5O/c1-17-10-12-29(13-11-17)24(30)21-15-22(26-20-9-5-6-18(14-20)16-25)28-23(27-21)19-7-3-2-4-8-19/h2-9,14-15,17H,10-13H2,1H3,(H,26,27,28). The Balaban J connectivity index is 1.69. The second kappa shape index (κ2) is 8.75. The van der Waals surface area contributed by atoms with Crippen LogP contribution in [0.5, 0.6) is 0 Å². The van der Waals surface area contributed by atoms with Crippen LogP contribution in [0.1, 0.15) is 35.8 Å². The smallest absolute Gasteiger partial charge is 0.272 e. The van der Waals surface area contributed by atoms with Gasteiger partial charge in [0.15, 0.2) is 5.82 Å². The molecule has 0 unspecified atom stereocenters. The van der Waals surface area contributed by atoms with Gasteiger partial charge in [-0.2, -0.15) is 5.26 Å². The predicted octanol–water partition coefficient (Wildman–Crippen LogP) is 4.63. The van der Waals surface area contributed by atoms with E-state index in [-0.39, 0.29) is 5.91 Å². The Labute approximate surface area is 176 Å². The molecule has 0 atom stereocenters. The maximum absolute atomic E-state index is 13.2. The molecule has 2 heterocycles. The van der Waals surface area contributed by atoms with Gasteiger partial charge in [0.1, 0.15) is 11.5 Å². The summed E-state index contributed by atoms with van der Waals surface area (Å²) in [6.07, 6.45) is 2.02. The van der Waals surface area contributed by atoms with E-state index in [1.165, 1.54) is 0 Å². The van der Waals surface area contributed by atoms with E-state index in [0.717, 1.165) is 37.2 Å². The number of carbonyl (C=O) groups is 1. The second-order valence-electron chi connectivity index (χ2n) is 7.62. The zero-order valence-electron chi connectivity index (χ0n) is 16.9. The van der Waals surface area contributed by atoms with Gasteiger partial charge in [-0.15, -0.1) is 0 Å². The normalized spacial score (nSPS) is 14.2. The van der Waals surface area contributed by atoms with Crippen LogP contribution in [0.15, 0.2) is 60.7 Å². The van der Waals surface area contributed by atoms with Gasteiger partial charge in [0.25, 0.3) is 5.91 Å². The van der Waals surface area contributed by atoms with E-state index in [2.05, 4.69) is 28.3 Å². The molecule has 1 aromatic heterocycles. The zero-order chi connectivity index (χ0) is 20.9. The van der Waals surface area contributed by atoms with Crippen LogP contribution in [-0.4, -0.2) is 33.9 Å². The van der Waals surface area contributed by atoms with Crippen LogP contribution in [0.2, 0.25) is 0 Å². The third-order valence-corrected chi connectivity index (χ3v) is 5.31. The third kappa shape index (κ3) is 4.47. The van der Waals surface area contributed by atoms with Gasteiger partial charge in [-0.1, -0.05) is 43.3 Å². The molecule has 150 valence electrons. The van der Waals surface area contributed by atoms with Crippen molar-refractivity contribution in [2.45, 2.75) is 19.8 Å². The molecule has 0 radical (unpaired) electrons. The number of benzene rings is 2. The zero-order valence-corrected chi connectivity index (χ0v) is 16.9. The Bertz CT molecular complexity index is 1080. The highest BCUT2D eigenvalue weighted by Gasteiger charge is 2.23. The summed E-state index contributed by atoms with van der Waals surface area (Å²) in [6.45, 7) is 3.71. The minimum Gasteiger partial charge on any atom is -0.340 e. The van der Waals surface area contributed by atoms with Crippen molar-refractivity contribution in [3.8, 4) is 17.5 Å². The van der Waals surface area contributed by atoms with Crippen LogP contribution in [0.25, 0.3) is 11.4 Å². The summed E-state index contributed by atoms with van der Waals surface area (Å²) >= 11 is 0. The van der Waals surface area contributed by atoms with E-state index in [9.17, 15) is 4.79 Å². The molecule has 30 heavy (non-hydrogen) atoms. The Morgan fingerprint density at radius 1 is 1.07 bits per heavy atom. The first-order chi connectivity index (χ1) is 14.6. The molecule has 0 spiro atoms. The number of amides is 1. The molecule has 1 N–H and O–H groups in total. The summed E-state index contributed by atoms with van der Waals surface area (Å²) in [5, 5.41) is 12.4. The fraction of sp³-hybridized carbons (Fsp3) is 0.250. The molecule has 0 saturated carbocycles. The largest absolute Gasteiger partial charge is 0.340 e. The van der Waals surface area contributed by atoms with Gasteiger partial charge >= 0.3 is 0 Å². The highest BCUT2D eigenvalue weighted by Crippen LogP contribution is 2.23. The van der Waals surface area contributed by atoms with Gasteiger partial charge in [-0.25, -0.2) is 9.97 Å². The molecule has 0 bridgehead atoms. The first kappa shape index (κ1) is 19.6. The molecule has 3 aromatic rings. The van der Waals surface area contributed by atoms with E-state index in [4.69, 9.17) is 5.26 Å². The van der Waals surface area contributed by atoms with Gasteiger partial charge < -0.3 is 10.2 Å². The van der Waals surface area contributed by atoms with Crippen LogP contribution in [0.4, 0.5) is 11.5 Å². The lowest BCUT2D eigenvalue weighted by Gasteiger charge is -2.30. The lowest BCUT2D eigenvalue weighted by atomic mass is 9.99. The number of hydrogen-bond acceptors (Lipinski definition) is 5. The summed E-state index contributed by atoms with van der Waals surface area (Å²) in [6, 6.07) is 20.6. The number of nitrogens with one attached hydrogen (secondary N) is 1. The second-order valence-corrected chi connectivity index (χ2v) is 7.62. The molecule has 4 rings (SSSR count). The molecule has 2 aromatic carbocycles. The summed E-state index contributed by atoms with van der Waals surface area (Å²) < 4.78 is 0. The Kier molecular flexibility index (Phi) is 5.71. The number of anilines is 2. The number of rotatable bonds is 4. The highest BCUT2D eigenvalue weighted by atomic mass is 16.2. The minimum absolute atomic E-state index is 0.0738. The summed E-state index contributed by atoms with van der Waals surface area (Å²) in [5.41, 5.74) is 2.50. The van der Waals surface area contributed by atoms with Gasteiger partial charge in [0.05, 0.1) is 11.6 Å². The maximum atomic E-state index is 13.2. The maximum Gasteiger partial charge on any atom is 0.272 e. The van der Waals surface area contributed by atoms with Crippen molar-refractivity contribution in [2.75, 3.05) is 18.4 Å². The quantitative estimate of drug-likeness (QED) is 0.694. The average molecular weight is 397 g/mol. The highest BCUT2D eigenvalue weighted by molar-refractivity contribution is 5.93. The van der Waals surface area contributed by atoms with E-state index in [1.54, 1.807) is 24.3 Å². The van der Waals surface area contributed by atoms with Crippen LogP contribution in [0.3, 0.4) is 0 Å². The lowest BCUT2D eigenvalue weighted by molar-refractivity contribution is 0.0691. The average Bonchev–Trinajstić information content (AvgIpc) is 2.79. The Morgan fingerprint density at radius 3 is 2.57 bits per heavy atom. The van der Waals surface area contributed by atoms with Gasteiger partial charge in [-0.05, 0) is 37.0 Å². The van der Waals surface area contributed by atoms with E-state index in [1.807, 2.05) is 41.3 Å². The molecule has 6 heteroatoms. The van der Waals surface area contributed by atoms with Crippen molar-refractivity contribution in [2.24, 2.45) is 5.92 Å². The van der Waals surface area contributed by atoms with Crippen molar-refractivity contribution in [1.82, 2.24) is 14.9 Å². The van der Waals surface area contributed by atoms with Crippen molar-refractivity contribution < 1.29 is 4.79 Å². The van der Waals surface area contributed by atoms with Gasteiger partial charge in [-0.3, -0.25) is 4.79 Å². The number of nitriles is 1. The Hall–Kier alpha value is -3.72. The monoisotopic (exact) mass is 397 g/mol. The number of carbonyl (C=O) groups excluding carboxylic acids is 1. The van der Waals surface area contributed by atoms with Crippen LogP contribution in [-0.2, 0) is 0 Å². The minimum atomic E-state index is -0.0738. The van der Waals surface area contributed by atoms with E-state index in [0.29, 0.717) is 28.8 Å². The van der Waals surface area contributed by atoms with Crippen LogP contribution >= 0.6 is 0 Å². The topological polar surface area (TPSA) is 81.9 Å². The summed E-state index contributed by atoms with van der Waals surface area (Å²) in [7, 11) is 0. The number of piperidine rings is 1. The van der Waals surface area contributed by atoms with Crippen molar-refractivity contribution >= 4 is 17.4 Å². The van der Waals surface area contributed by atoms with Gasteiger partial charge in [0.2, 0.25) is 0 Å². The predicted molar refractivity (Wildman–Crippen MR) is 116 cm³/mol. The number of aromatic nitrogens is 2. The fourth-order valence-electron chi connectivity index (χ4n) is 3.53. The molecule has 1 saturated heterocycles. The van der Waals surface area contributed by atoms with Gasteiger partial charge in [0, 0.05) is 30.4 Å². The summed E-state index contributed by atoms with van der Waals surface area (Å²) in [5.74, 6) is 1.58. The molecule has 6 nitrogen and oxygen atoms in total. The third-order valence-electron chi connectivity index (χ3n) is 5.31. The van der Waals surface area contributed by atoms with Crippen LogP contribution in [0, 0.1) is 17.2 Å². The molecule has 0 aliphatic carbocycles. The SMILES string of the molecule is CC1CCN(C(=O)c2cc(Nc3cccc(C#N)c3)nc(-c3ccccc3)n2)CC1. The van der Waals surface area contributed by atoms with Crippen molar-refractivity contribution in [3.63, 3.8) is 0 Å². The molecule has 1 amide bonds. The van der Waals surface area contributed by atoms with E-state index < -0.39 is 0 Å². The summed E-state index contributed by atoms with van der Waals surface area (Å²) in [4.78, 5) is 24.2. The fourth-order valence-corrected chi connectivity index (χ4v) is 3.53. The molecular formula is C24H23N5O. The Morgan fingerprint density at radius 2 is 1.83 bits per heavy atom. The van der Waals surface area contributed by atoms with E-state index >= 15 is 0 Å². The van der Waals surface area contributed by atoms with Crippen LogP contribution < -0.4 is 5.32 Å². The van der Waals surface area contributed by atoms with Crippen molar-refractivity contribution in [1.29, 1.82) is 5.26 Å². The number of hydrogen-bond donors (Lipinski definition) is 1. The molecule has 1 aliphatic rings. The molecule has 1 aliphatic heterocycles. The number of likely N-dealkylation sites (tertiary alicyclic amines) is 1. The molecule has 1 fully saturated rings. The first-order valence-corrected chi connectivity index (χ1v) is 10.1. The lowest BCUT2D eigenvalue weighted by Crippen LogP contribution is -2.38.